The van der Waals surface area contributed by atoms with E-state index >= 15 is 0 Å². The van der Waals surface area contributed by atoms with E-state index in [0.717, 1.165) is 28.6 Å². The highest BCUT2D eigenvalue weighted by molar-refractivity contribution is 5.99. The van der Waals surface area contributed by atoms with Gasteiger partial charge in [0.2, 0.25) is 5.91 Å². The van der Waals surface area contributed by atoms with Crippen LogP contribution in [-0.2, 0) is 11.2 Å². The SMILES string of the molecule is C=C(CN(C)C(=O)c1cc(CC2CC2)c2ncc(C3CC3)cc2c1)N1CC(C(=O)Nc2ccccc2)CC1C#N. The van der Waals surface area contributed by atoms with Crippen LogP contribution in [0.2, 0.25) is 0 Å². The lowest BCUT2D eigenvalue weighted by Gasteiger charge is -2.28. The van der Waals surface area contributed by atoms with Crippen molar-refractivity contribution in [1.29, 1.82) is 5.26 Å². The number of amides is 2. The minimum Gasteiger partial charge on any atom is -0.357 e. The van der Waals surface area contributed by atoms with Gasteiger partial charge in [0.05, 0.1) is 24.0 Å². The molecule has 2 amide bonds. The van der Waals surface area contributed by atoms with E-state index in [0.29, 0.717) is 36.1 Å². The minimum atomic E-state index is -0.458. The number of benzene rings is 2. The Bertz CT molecular complexity index is 1500. The Labute approximate surface area is 235 Å². The van der Waals surface area contributed by atoms with Crippen LogP contribution in [0, 0.1) is 23.2 Å². The van der Waals surface area contributed by atoms with Gasteiger partial charge in [-0.1, -0.05) is 24.8 Å². The smallest absolute Gasteiger partial charge is 0.253 e. The first-order valence-electron chi connectivity index (χ1n) is 14.3. The van der Waals surface area contributed by atoms with E-state index in [1.807, 2.05) is 53.6 Å². The van der Waals surface area contributed by atoms with Crippen molar-refractivity contribution >= 4 is 28.4 Å². The van der Waals surface area contributed by atoms with E-state index in [4.69, 9.17) is 4.98 Å². The summed E-state index contributed by atoms with van der Waals surface area (Å²) in [6.07, 6.45) is 8.29. The van der Waals surface area contributed by atoms with Crippen LogP contribution in [-0.4, -0.2) is 52.8 Å². The van der Waals surface area contributed by atoms with Crippen molar-refractivity contribution in [3.8, 4) is 6.07 Å². The number of nitrogens with zero attached hydrogens (tertiary/aromatic N) is 4. The lowest BCUT2D eigenvalue weighted by molar-refractivity contribution is -0.119. The molecule has 6 rings (SSSR count). The number of rotatable bonds is 9. The molecule has 3 aromatic rings. The number of nitrogens with one attached hydrogen (secondary N) is 1. The second kappa shape index (κ2) is 10.8. The van der Waals surface area contributed by atoms with Gasteiger partial charge in [-0.05, 0) is 91.8 Å². The summed E-state index contributed by atoms with van der Waals surface area (Å²) < 4.78 is 0. The summed E-state index contributed by atoms with van der Waals surface area (Å²) in [6.45, 7) is 4.90. The van der Waals surface area contributed by atoms with Crippen LogP contribution in [0.1, 0.15) is 59.5 Å². The molecule has 2 atom stereocenters. The largest absolute Gasteiger partial charge is 0.357 e. The molecule has 40 heavy (non-hydrogen) atoms. The molecule has 3 fully saturated rings. The Hall–Kier alpha value is -4.18. The Morgan fingerprint density at radius 2 is 1.93 bits per heavy atom. The van der Waals surface area contributed by atoms with E-state index in [9.17, 15) is 14.9 Å². The summed E-state index contributed by atoms with van der Waals surface area (Å²) in [5.41, 5.74) is 5.47. The van der Waals surface area contributed by atoms with Crippen LogP contribution >= 0.6 is 0 Å². The van der Waals surface area contributed by atoms with Gasteiger partial charge in [-0.15, -0.1) is 0 Å². The molecular weight excluding hydrogens is 498 g/mol. The van der Waals surface area contributed by atoms with Gasteiger partial charge in [-0.2, -0.15) is 5.26 Å². The number of para-hydroxylation sites is 1. The number of hydrogen-bond acceptors (Lipinski definition) is 5. The van der Waals surface area contributed by atoms with Crippen molar-refractivity contribution in [2.45, 2.75) is 50.5 Å². The fraction of sp³-hybridized carbons (Fsp3) is 0.394. The highest BCUT2D eigenvalue weighted by Gasteiger charge is 2.37. The lowest BCUT2D eigenvalue weighted by Crippen LogP contribution is -2.36. The molecule has 3 aliphatic rings. The average molecular weight is 534 g/mol. The number of likely N-dealkylation sites (N-methyl/N-ethyl adjacent to an activating group) is 1. The van der Waals surface area contributed by atoms with Gasteiger partial charge < -0.3 is 15.1 Å². The lowest BCUT2D eigenvalue weighted by atomic mass is 9.98. The second-order valence-corrected chi connectivity index (χ2v) is 11.7. The number of aromatic nitrogens is 1. The molecule has 2 heterocycles. The summed E-state index contributed by atoms with van der Waals surface area (Å²) >= 11 is 0. The number of carbonyl (C=O) groups excluding carboxylic acids is 2. The van der Waals surface area contributed by atoms with E-state index in [1.165, 1.54) is 31.2 Å². The van der Waals surface area contributed by atoms with E-state index < -0.39 is 6.04 Å². The maximum atomic E-state index is 13.7. The number of likely N-dealkylation sites (tertiary alicyclic amines) is 1. The molecule has 0 spiro atoms. The molecule has 204 valence electrons. The summed E-state index contributed by atoms with van der Waals surface area (Å²) in [5, 5.41) is 13.8. The Kier molecular flexibility index (Phi) is 7.02. The van der Waals surface area contributed by atoms with Gasteiger partial charge in [-0.25, -0.2) is 0 Å². The molecule has 2 aromatic carbocycles. The highest BCUT2D eigenvalue weighted by Crippen LogP contribution is 2.41. The number of nitriles is 1. The number of fused-ring (bicyclic) bond motifs is 1. The van der Waals surface area contributed by atoms with Crippen molar-refractivity contribution in [2.75, 3.05) is 25.5 Å². The van der Waals surface area contributed by atoms with Crippen molar-refractivity contribution in [3.63, 3.8) is 0 Å². The van der Waals surface area contributed by atoms with E-state index in [2.05, 4.69) is 24.0 Å². The Morgan fingerprint density at radius 1 is 1.15 bits per heavy atom. The number of pyridine rings is 1. The Morgan fingerprint density at radius 3 is 2.62 bits per heavy atom. The fourth-order valence-corrected chi connectivity index (χ4v) is 5.81. The maximum absolute atomic E-state index is 13.7. The predicted octanol–water partition coefficient (Wildman–Crippen LogP) is 5.50. The molecule has 0 bridgehead atoms. The molecule has 1 aromatic heterocycles. The zero-order valence-electron chi connectivity index (χ0n) is 23.0. The second-order valence-electron chi connectivity index (χ2n) is 11.7. The zero-order valence-corrected chi connectivity index (χ0v) is 23.0. The molecule has 1 saturated heterocycles. The molecule has 2 saturated carbocycles. The van der Waals surface area contributed by atoms with Crippen LogP contribution in [0.4, 0.5) is 5.69 Å². The van der Waals surface area contributed by atoms with Crippen molar-refractivity contribution < 1.29 is 9.59 Å². The summed E-state index contributed by atoms with van der Waals surface area (Å²) in [5.74, 6) is 0.760. The molecule has 7 nitrogen and oxygen atoms in total. The molecule has 0 radical (unpaired) electrons. The van der Waals surface area contributed by atoms with Gasteiger partial charge >= 0.3 is 0 Å². The molecule has 2 unspecified atom stereocenters. The van der Waals surface area contributed by atoms with Crippen LogP contribution in [0.3, 0.4) is 0 Å². The quantitative estimate of drug-likeness (QED) is 0.392. The first kappa shape index (κ1) is 26.1. The molecule has 1 N–H and O–H groups in total. The zero-order chi connectivity index (χ0) is 27.8. The number of carbonyl (C=O) groups is 2. The van der Waals surface area contributed by atoms with E-state index in [-0.39, 0.29) is 24.3 Å². The molecule has 1 aliphatic heterocycles. The standard InChI is InChI=1S/C33H35N5O2/c1-21(38-20-28(16-30(38)17-34)32(39)36-29-6-4-3-5-7-29)19-37(2)33(40)26-13-24(12-22-8-9-22)31-25(14-26)15-27(18-35-31)23-10-11-23/h3-7,13-15,18,22-23,28,30H,1,8-12,16,19-20H2,2H3,(H,36,39). The molecule has 7 heteroatoms. The van der Waals surface area contributed by atoms with Crippen molar-refractivity contribution in [1.82, 2.24) is 14.8 Å². The van der Waals surface area contributed by atoms with E-state index in [1.54, 1.807) is 11.9 Å². The number of hydrogen-bond donors (Lipinski definition) is 1. The number of anilines is 1. The summed E-state index contributed by atoms with van der Waals surface area (Å²) in [6, 6.07) is 17.4. The predicted molar refractivity (Wildman–Crippen MR) is 156 cm³/mol. The van der Waals surface area contributed by atoms with Crippen LogP contribution in [0.15, 0.2) is 67.0 Å². The average Bonchev–Trinajstić information content (AvgIpc) is 3.91. The summed E-state index contributed by atoms with van der Waals surface area (Å²) in [4.78, 5) is 34.9. The minimum absolute atomic E-state index is 0.0806. The maximum Gasteiger partial charge on any atom is 0.253 e. The van der Waals surface area contributed by atoms with Crippen LogP contribution in [0.5, 0.6) is 0 Å². The summed E-state index contributed by atoms with van der Waals surface area (Å²) in [7, 11) is 1.77. The normalized spacial score (nSPS) is 20.2. The van der Waals surface area contributed by atoms with Gasteiger partial charge in [0.15, 0.2) is 0 Å². The molecular formula is C33H35N5O2. The van der Waals surface area contributed by atoms with Gasteiger partial charge in [-0.3, -0.25) is 14.6 Å². The van der Waals surface area contributed by atoms with Crippen molar-refractivity contribution in [3.05, 3.63) is 83.7 Å². The van der Waals surface area contributed by atoms with Crippen LogP contribution in [0.25, 0.3) is 10.9 Å². The topological polar surface area (TPSA) is 89.3 Å². The monoisotopic (exact) mass is 533 g/mol. The fourth-order valence-electron chi connectivity index (χ4n) is 5.81. The molecule has 2 aliphatic carbocycles. The van der Waals surface area contributed by atoms with Crippen LogP contribution < -0.4 is 5.32 Å². The third kappa shape index (κ3) is 5.58. The first-order chi connectivity index (χ1) is 19.4. The first-order valence-corrected chi connectivity index (χ1v) is 14.3. The van der Waals surface area contributed by atoms with Crippen molar-refractivity contribution in [2.24, 2.45) is 11.8 Å². The Balaban J connectivity index is 1.16. The third-order valence-electron chi connectivity index (χ3n) is 8.42. The van der Waals surface area contributed by atoms with Gasteiger partial charge in [0.1, 0.15) is 6.04 Å². The van der Waals surface area contributed by atoms with Gasteiger partial charge in [0.25, 0.3) is 5.91 Å². The van der Waals surface area contributed by atoms with Gasteiger partial charge in [0, 0.05) is 42.1 Å². The highest BCUT2D eigenvalue weighted by atomic mass is 16.2. The third-order valence-corrected chi connectivity index (χ3v) is 8.42.